The fraction of sp³-hybridized carbons (Fsp3) is 0.100. The molecule has 0 saturated carbocycles. The van der Waals surface area contributed by atoms with Gasteiger partial charge in [-0.3, -0.25) is 9.59 Å². The molecule has 3 aromatic rings. The van der Waals surface area contributed by atoms with Gasteiger partial charge in [0.2, 0.25) is 5.91 Å². The number of nitrogens with two attached hydrogens (primary N) is 1. The number of aromatic nitrogens is 1. The van der Waals surface area contributed by atoms with Gasteiger partial charge in [0, 0.05) is 28.9 Å². The summed E-state index contributed by atoms with van der Waals surface area (Å²) in [5, 5.41) is 19.2. The van der Waals surface area contributed by atoms with E-state index in [1.165, 1.54) is 12.3 Å². The number of anilines is 1. The standard InChI is InChI=1S/C20H16ClN5O3/c21-15-3-1-2-13(9-15)20(28)24-11-14-5-4-12(10-22)8-17(14)25-18(19(23)27)16-6-7-29-26-16/h1-9,18,25H,11H2,(H2,23,27)(H,24,28). The van der Waals surface area contributed by atoms with Crippen molar-refractivity contribution in [2.45, 2.75) is 12.6 Å². The Bertz CT molecular complexity index is 1080. The SMILES string of the molecule is N#Cc1ccc(CNC(=O)c2cccc(Cl)c2)c(NC(C(N)=O)c2ccon2)c1. The van der Waals surface area contributed by atoms with E-state index in [1.807, 2.05) is 6.07 Å². The number of nitrogens with one attached hydrogen (secondary N) is 2. The zero-order chi connectivity index (χ0) is 20.8. The van der Waals surface area contributed by atoms with E-state index >= 15 is 0 Å². The van der Waals surface area contributed by atoms with Gasteiger partial charge in [0.25, 0.3) is 5.91 Å². The second-order valence-corrected chi connectivity index (χ2v) is 6.52. The fourth-order valence-electron chi connectivity index (χ4n) is 2.66. The molecule has 0 spiro atoms. The second kappa shape index (κ2) is 8.91. The third kappa shape index (κ3) is 4.91. The van der Waals surface area contributed by atoms with Gasteiger partial charge in [-0.2, -0.15) is 5.26 Å². The Hall–Kier alpha value is -3.83. The van der Waals surface area contributed by atoms with Crippen LogP contribution >= 0.6 is 11.6 Å². The van der Waals surface area contributed by atoms with Gasteiger partial charge in [0.1, 0.15) is 12.0 Å². The van der Waals surface area contributed by atoms with Crippen LogP contribution in [0.4, 0.5) is 5.69 Å². The van der Waals surface area contributed by atoms with Crippen LogP contribution < -0.4 is 16.4 Å². The molecule has 3 rings (SSSR count). The molecule has 0 aliphatic carbocycles. The van der Waals surface area contributed by atoms with Crippen molar-refractivity contribution in [1.82, 2.24) is 10.5 Å². The topological polar surface area (TPSA) is 134 Å². The third-order valence-corrected chi connectivity index (χ3v) is 4.34. The average Bonchev–Trinajstić information content (AvgIpc) is 3.24. The minimum Gasteiger partial charge on any atom is -0.368 e. The van der Waals surface area contributed by atoms with Crippen LogP contribution in [-0.4, -0.2) is 17.0 Å². The Labute approximate surface area is 171 Å². The number of benzene rings is 2. The Balaban J connectivity index is 1.83. The van der Waals surface area contributed by atoms with E-state index in [0.717, 1.165) is 0 Å². The molecule has 0 fully saturated rings. The van der Waals surface area contributed by atoms with Gasteiger partial charge < -0.3 is 20.9 Å². The maximum absolute atomic E-state index is 12.4. The third-order valence-electron chi connectivity index (χ3n) is 4.10. The molecule has 0 radical (unpaired) electrons. The van der Waals surface area contributed by atoms with Gasteiger partial charge in [-0.25, -0.2) is 0 Å². The highest BCUT2D eigenvalue weighted by Gasteiger charge is 2.22. The molecule has 1 aromatic heterocycles. The summed E-state index contributed by atoms with van der Waals surface area (Å²) in [5.74, 6) is -0.985. The second-order valence-electron chi connectivity index (χ2n) is 6.08. The molecule has 1 heterocycles. The average molecular weight is 410 g/mol. The minimum atomic E-state index is -0.968. The highest BCUT2D eigenvalue weighted by Crippen LogP contribution is 2.24. The van der Waals surface area contributed by atoms with E-state index in [4.69, 9.17) is 21.9 Å². The lowest BCUT2D eigenvalue weighted by Crippen LogP contribution is -2.29. The first-order valence-corrected chi connectivity index (χ1v) is 8.88. The molecular formula is C20H16ClN5O3. The highest BCUT2D eigenvalue weighted by molar-refractivity contribution is 6.30. The Kier molecular flexibility index (Phi) is 6.12. The number of nitrogens with zero attached hydrogens (tertiary/aromatic N) is 2. The van der Waals surface area contributed by atoms with Crippen LogP contribution in [0.1, 0.15) is 33.2 Å². The summed E-state index contributed by atoms with van der Waals surface area (Å²) in [5.41, 5.74) is 7.68. The molecule has 0 aliphatic rings. The maximum atomic E-state index is 12.4. The van der Waals surface area contributed by atoms with Gasteiger partial charge in [-0.05, 0) is 35.9 Å². The van der Waals surface area contributed by atoms with Crippen molar-refractivity contribution >= 4 is 29.1 Å². The first-order chi connectivity index (χ1) is 14.0. The van der Waals surface area contributed by atoms with Gasteiger partial charge >= 0.3 is 0 Å². The summed E-state index contributed by atoms with van der Waals surface area (Å²) < 4.78 is 4.78. The van der Waals surface area contributed by atoms with E-state index in [2.05, 4.69) is 15.8 Å². The van der Waals surface area contributed by atoms with Crippen LogP contribution in [0.3, 0.4) is 0 Å². The van der Waals surface area contributed by atoms with Crippen LogP contribution in [0.25, 0.3) is 0 Å². The van der Waals surface area contributed by atoms with Crippen molar-refractivity contribution in [3.8, 4) is 6.07 Å². The number of hydrogen-bond donors (Lipinski definition) is 3. The predicted molar refractivity (Wildman–Crippen MR) is 106 cm³/mol. The molecule has 2 aromatic carbocycles. The molecule has 0 aliphatic heterocycles. The number of rotatable bonds is 7. The van der Waals surface area contributed by atoms with Crippen molar-refractivity contribution in [3.63, 3.8) is 0 Å². The van der Waals surface area contributed by atoms with E-state index in [9.17, 15) is 14.9 Å². The molecule has 1 unspecified atom stereocenters. The molecular weight excluding hydrogens is 394 g/mol. The highest BCUT2D eigenvalue weighted by atomic mass is 35.5. The molecule has 4 N–H and O–H groups in total. The number of carbonyl (C=O) groups excluding carboxylic acids is 2. The molecule has 9 heteroatoms. The van der Waals surface area contributed by atoms with Crippen molar-refractivity contribution in [2.24, 2.45) is 5.73 Å². The molecule has 0 bridgehead atoms. The molecule has 0 saturated heterocycles. The smallest absolute Gasteiger partial charge is 0.251 e. The van der Waals surface area contributed by atoms with Crippen LogP contribution in [0, 0.1) is 11.3 Å². The van der Waals surface area contributed by atoms with Crippen molar-refractivity contribution < 1.29 is 14.1 Å². The minimum absolute atomic E-state index is 0.143. The van der Waals surface area contributed by atoms with E-state index in [0.29, 0.717) is 33.1 Å². The van der Waals surface area contributed by atoms with Gasteiger partial charge in [-0.1, -0.05) is 28.9 Å². The normalized spacial score (nSPS) is 11.3. The number of hydrogen-bond acceptors (Lipinski definition) is 6. The van der Waals surface area contributed by atoms with Gasteiger partial charge in [0.15, 0.2) is 6.04 Å². The fourth-order valence-corrected chi connectivity index (χ4v) is 2.85. The van der Waals surface area contributed by atoms with Gasteiger partial charge in [0.05, 0.1) is 11.6 Å². The first-order valence-electron chi connectivity index (χ1n) is 8.51. The number of nitriles is 1. The van der Waals surface area contributed by atoms with Gasteiger partial charge in [-0.15, -0.1) is 0 Å². The lowest BCUT2D eigenvalue weighted by atomic mass is 10.1. The Morgan fingerprint density at radius 3 is 2.72 bits per heavy atom. The summed E-state index contributed by atoms with van der Waals surface area (Å²) in [7, 11) is 0. The van der Waals surface area contributed by atoms with Crippen molar-refractivity contribution in [2.75, 3.05) is 5.32 Å². The summed E-state index contributed by atoms with van der Waals surface area (Å²) in [4.78, 5) is 24.3. The summed E-state index contributed by atoms with van der Waals surface area (Å²) in [6.07, 6.45) is 1.32. The molecule has 29 heavy (non-hydrogen) atoms. The number of carbonyl (C=O) groups is 2. The predicted octanol–water partition coefficient (Wildman–Crippen LogP) is 2.77. The summed E-state index contributed by atoms with van der Waals surface area (Å²) in [6.45, 7) is 0.143. The Morgan fingerprint density at radius 2 is 2.07 bits per heavy atom. The van der Waals surface area contributed by atoms with E-state index in [1.54, 1.807) is 42.5 Å². The summed E-state index contributed by atoms with van der Waals surface area (Å²) >= 11 is 5.92. The van der Waals surface area contributed by atoms with Crippen LogP contribution in [-0.2, 0) is 11.3 Å². The van der Waals surface area contributed by atoms with Crippen LogP contribution in [0.2, 0.25) is 5.02 Å². The quantitative estimate of drug-likeness (QED) is 0.549. The lowest BCUT2D eigenvalue weighted by molar-refractivity contribution is -0.118. The number of halogens is 1. The molecule has 1 atom stereocenters. The lowest BCUT2D eigenvalue weighted by Gasteiger charge is -2.18. The van der Waals surface area contributed by atoms with E-state index in [-0.39, 0.29) is 12.5 Å². The Morgan fingerprint density at radius 1 is 1.24 bits per heavy atom. The maximum Gasteiger partial charge on any atom is 0.251 e. The van der Waals surface area contributed by atoms with Crippen molar-refractivity contribution in [3.05, 3.63) is 82.2 Å². The first kappa shape index (κ1) is 19.9. The zero-order valence-corrected chi connectivity index (χ0v) is 15.8. The number of amides is 2. The molecule has 8 nitrogen and oxygen atoms in total. The zero-order valence-electron chi connectivity index (χ0n) is 15.1. The monoisotopic (exact) mass is 409 g/mol. The summed E-state index contributed by atoms with van der Waals surface area (Å²) in [6, 6.07) is 14.0. The largest absolute Gasteiger partial charge is 0.368 e. The van der Waals surface area contributed by atoms with Crippen molar-refractivity contribution in [1.29, 1.82) is 5.26 Å². The molecule has 146 valence electrons. The van der Waals surface area contributed by atoms with Crippen LogP contribution in [0.15, 0.2) is 59.3 Å². The molecule has 2 amide bonds. The van der Waals surface area contributed by atoms with E-state index < -0.39 is 11.9 Å². The number of primary amides is 1. The van der Waals surface area contributed by atoms with Crippen LogP contribution in [0.5, 0.6) is 0 Å².